The largest absolute Gasteiger partial charge is 0.543 e. The van der Waals surface area contributed by atoms with Crippen LogP contribution in [-0.4, -0.2) is 13.4 Å². The lowest BCUT2D eigenvalue weighted by atomic mass is 10.1. The molecule has 0 spiro atoms. The molecule has 0 atom stereocenters. The fourth-order valence-electron chi connectivity index (χ4n) is 1.42. The van der Waals surface area contributed by atoms with Crippen molar-refractivity contribution in [3.63, 3.8) is 0 Å². The highest BCUT2D eigenvalue weighted by molar-refractivity contribution is 6.74. The molecule has 0 unspecified atom stereocenters. The number of aromatic hydroxyl groups is 1. The maximum atomic E-state index is 9.74. The van der Waals surface area contributed by atoms with E-state index in [0.717, 1.165) is 16.9 Å². The van der Waals surface area contributed by atoms with Crippen LogP contribution in [0, 0.1) is 13.8 Å². The fourth-order valence-corrected chi connectivity index (χ4v) is 2.44. The smallest absolute Gasteiger partial charge is 0.250 e. The van der Waals surface area contributed by atoms with Crippen molar-refractivity contribution >= 4 is 8.32 Å². The normalized spacial score (nSPS) is 12.6. The zero-order chi connectivity index (χ0) is 13.4. The summed E-state index contributed by atoms with van der Waals surface area (Å²) < 4.78 is 6.21. The Hall–Kier alpha value is -0.963. The first-order valence-corrected chi connectivity index (χ1v) is 8.94. The van der Waals surface area contributed by atoms with Crippen LogP contribution in [-0.2, 0) is 0 Å². The molecule has 0 aliphatic heterocycles. The van der Waals surface area contributed by atoms with E-state index >= 15 is 0 Å². The average molecular weight is 252 g/mol. The lowest BCUT2D eigenvalue weighted by Gasteiger charge is -2.36. The molecule has 96 valence electrons. The second-order valence-corrected chi connectivity index (χ2v) is 11.0. The maximum Gasteiger partial charge on any atom is 0.250 e. The highest BCUT2D eigenvalue weighted by Gasteiger charge is 2.39. The van der Waals surface area contributed by atoms with Gasteiger partial charge in [-0.2, -0.15) is 0 Å². The van der Waals surface area contributed by atoms with E-state index in [-0.39, 0.29) is 5.04 Å². The van der Waals surface area contributed by atoms with Gasteiger partial charge in [-0.25, -0.2) is 0 Å². The third kappa shape index (κ3) is 3.03. The number of rotatable bonds is 2. The molecule has 2 nitrogen and oxygen atoms in total. The summed E-state index contributed by atoms with van der Waals surface area (Å²) >= 11 is 0. The van der Waals surface area contributed by atoms with Crippen molar-refractivity contribution in [2.45, 2.75) is 52.8 Å². The minimum atomic E-state index is -1.79. The molecule has 1 aromatic rings. The van der Waals surface area contributed by atoms with Crippen LogP contribution in [0.5, 0.6) is 11.5 Å². The monoisotopic (exact) mass is 252 g/mol. The van der Waals surface area contributed by atoms with Crippen LogP contribution in [0.4, 0.5) is 0 Å². The van der Waals surface area contributed by atoms with Crippen LogP contribution in [0.1, 0.15) is 31.9 Å². The predicted molar refractivity (Wildman–Crippen MR) is 75.4 cm³/mol. The van der Waals surface area contributed by atoms with E-state index in [1.807, 2.05) is 26.0 Å². The van der Waals surface area contributed by atoms with Crippen molar-refractivity contribution in [3.8, 4) is 11.5 Å². The van der Waals surface area contributed by atoms with E-state index in [1.54, 1.807) is 0 Å². The molecule has 0 amide bonds. The van der Waals surface area contributed by atoms with Crippen LogP contribution in [0.15, 0.2) is 12.1 Å². The molecular formula is C14H24O2Si. The van der Waals surface area contributed by atoms with Crippen molar-refractivity contribution in [2.75, 3.05) is 0 Å². The van der Waals surface area contributed by atoms with E-state index < -0.39 is 8.32 Å². The Morgan fingerprint density at radius 1 is 1.06 bits per heavy atom. The molecular weight excluding hydrogens is 228 g/mol. The lowest BCUT2D eigenvalue weighted by molar-refractivity contribution is 0.460. The molecule has 0 saturated heterocycles. The summed E-state index contributed by atoms with van der Waals surface area (Å²) in [6.07, 6.45) is 0. The minimum absolute atomic E-state index is 0.187. The summed E-state index contributed by atoms with van der Waals surface area (Å²) in [7, 11) is -1.79. The summed E-state index contributed by atoms with van der Waals surface area (Å²) in [6, 6.07) is 3.84. The number of phenols is 1. The third-order valence-corrected chi connectivity index (χ3v) is 8.00. The maximum absolute atomic E-state index is 9.74. The summed E-state index contributed by atoms with van der Waals surface area (Å²) in [5, 5.41) is 9.93. The van der Waals surface area contributed by atoms with E-state index in [2.05, 4.69) is 33.9 Å². The molecule has 0 bridgehead atoms. The Bertz CT molecular complexity index is 394. The number of phenolic OH excluding ortho intramolecular Hbond substituents is 1. The average Bonchev–Trinajstić information content (AvgIpc) is 2.11. The summed E-state index contributed by atoms with van der Waals surface area (Å²) in [6.45, 7) is 14.9. The van der Waals surface area contributed by atoms with Crippen LogP contribution >= 0.6 is 0 Å². The summed E-state index contributed by atoms with van der Waals surface area (Å²) in [4.78, 5) is 0. The first-order chi connectivity index (χ1) is 7.54. The zero-order valence-corrected chi connectivity index (χ0v) is 13.0. The van der Waals surface area contributed by atoms with Gasteiger partial charge in [0.05, 0.1) is 0 Å². The van der Waals surface area contributed by atoms with Gasteiger partial charge >= 0.3 is 0 Å². The number of hydrogen-bond acceptors (Lipinski definition) is 2. The van der Waals surface area contributed by atoms with E-state index in [4.69, 9.17) is 4.43 Å². The second-order valence-electron chi connectivity index (χ2n) is 6.27. The van der Waals surface area contributed by atoms with Crippen molar-refractivity contribution in [1.82, 2.24) is 0 Å². The predicted octanol–water partition coefficient (Wildman–Crippen LogP) is 4.39. The molecule has 17 heavy (non-hydrogen) atoms. The highest BCUT2D eigenvalue weighted by Crippen LogP contribution is 2.38. The molecule has 0 fully saturated rings. The Morgan fingerprint density at radius 2 is 1.47 bits per heavy atom. The minimum Gasteiger partial charge on any atom is -0.543 e. The standard InChI is InChI=1S/C14H24O2Si/c1-10-8-12(9-11(2)13(10)15)16-17(6,7)14(3,4)5/h8-9,15H,1-7H3. The van der Waals surface area contributed by atoms with Gasteiger partial charge in [0.1, 0.15) is 11.5 Å². The third-order valence-electron chi connectivity index (χ3n) is 3.64. The highest BCUT2D eigenvalue weighted by atomic mass is 28.4. The van der Waals surface area contributed by atoms with Gasteiger partial charge in [-0.15, -0.1) is 0 Å². The topological polar surface area (TPSA) is 29.5 Å². The molecule has 1 aromatic carbocycles. The van der Waals surface area contributed by atoms with E-state index in [9.17, 15) is 5.11 Å². The van der Waals surface area contributed by atoms with Crippen LogP contribution in [0.2, 0.25) is 18.1 Å². The molecule has 1 N–H and O–H groups in total. The molecule has 0 aromatic heterocycles. The van der Waals surface area contributed by atoms with Gasteiger partial charge in [0.25, 0.3) is 0 Å². The fraction of sp³-hybridized carbons (Fsp3) is 0.571. The Morgan fingerprint density at radius 3 is 1.82 bits per heavy atom. The number of benzene rings is 1. The lowest BCUT2D eigenvalue weighted by Crippen LogP contribution is -2.43. The van der Waals surface area contributed by atoms with Gasteiger partial charge in [-0.1, -0.05) is 20.8 Å². The van der Waals surface area contributed by atoms with Crippen molar-refractivity contribution in [2.24, 2.45) is 0 Å². The molecule has 0 aliphatic rings. The van der Waals surface area contributed by atoms with Gasteiger partial charge in [0, 0.05) is 0 Å². The number of aryl methyl sites for hydroxylation is 2. The Balaban J connectivity index is 3.05. The molecule has 3 heteroatoms. The van der Waals surface area contributed by atoms with Crippen LogP contribution in [0.25, 0.3) is 0 Å². The van der Waals surface area contributed by atoms with Gasteiger partial charge < -0.3 is 9.53 Å². The van der Waals surface area contributed by atoms with Crippen LogP contribution in [0.3, 0.4) is 0 Å². The van der Waals surface area contributed by atoms with Crippen molar-refractivity contribution in [3.05, 3.63) is 23.3 Å². The van der Waals surface area contributed by atoms with Gasteiger partial charge in [-0.3, -0.25) is 0 Å². The SMILES string of the molecule is Cc1cc(O[Si](C)(C)C(C)(C)C)cc(C)c1O. The summed E-state index contributed by atoms with van der Waals surface area (Å²) in [5.74, 6) is 1.25. The van der Waals surface area contributed by atoms with E-state index in [1.165, 1.54) is 0 Å². The zero-order valence-electron chi connectivity index (χ0n) is 12.0. The first-order valence-electron chi connectivity index (χ1n) is 6.04. The molecule has 0 saturated carbocycles. The van der Waals surface area contributed by atoms with Gasteiger partial charge in [-0.05, 0) is 55.2 Å². The molecule has 0 radical (unpaired) electrons. The first kappa shape index (κ1) is 14.1. The van der Waals surface area contributed by atoms with E-state index in [0.29, 0.717) is 5.75 Å². The van der Waals surface area contributed by atoms with Crippen molar-refractivity contribution < 1.29 is 9.53 Å². The Labute approximate surface area is 106 Å². The number of hydrogen-bond donors (Lipinski definition) is 1. The van der Waals surface area contributed by atoms with Crippen molar-refractivity contribution in [1.29, 1.82) is 0 Å². The molecule has 1 rings (SSSR count). The summed E-state index contributed by atoms with van der Waals surface area (Å²) in [5.41, 5.74) is 1.75. The van der Waals surface area contributed by atoms with Gasteiger partial charge in [0.15, 0.2) is 0 Å². The van der Waals surface area contributed by atoms with Crippen LogP contribution < -0.4 is 4.43 Å². The quantitative estimate of drug-likeness (QED) is 0.791. The van der Waals surface area contributed by atoms with Gasteiger partial charge in [0.2, 0.25) is 8.32 Å². The second kappa shape index (κ2) is 4.37. The molecule has 0 heterocycles. The molecule has 0 aliphatic carbocycles. The Kier molecular flexibility index (Phi) is 3.62.